The molecule has 0 aliphatic rings. The van der Waals surface area contributed by atoms with Gasteiger partial charge >= 0.3 is 0 Å². The molecule has 36 N–H and O–H groups in total. The summed E-state index contributed by atoms with van der Waals surface area (Å²) in [5, 5.41) is 8.87. The number of hydrogen-bond donors (Lipinski definition) is 14. The number of nitrogens with one attached hydrogen (secondary N) is 3. The Bertz CT molecular complexity index is 797. The fourth-order valence-corrected chi connectivity index (χ4v) is 5.49. The fourth-order valence-electron chi connectivity index (χ4n) is 5.49. The average Bonchev–Trinajstić information content (AvgIpc) is 2.30. The van der Waals surface area contributed by atoms with Gasteiger partial charge in [-0.3, -0.25) is 14.4 Å². The lowest BCUT2D eigenvalue weighted by Crippen LogP contribution is -2.50. The smallest absolute Gasteiger partial charge is 0.219 e. The van der Waals surface area contributed by atoms with Crippen molar-refractivity contribution in [2.75, 3.05) is 39.3 Å². The van der Waals surface area contributed by atoms with E-state index in [-0.39, 0.29) is 66.9 Å². The molecule has 0 aliphatic heterocycles. The van der Waals surface area contributed by atoms with Gasteiger partial charge in [-0.05, 0) is 77.0 Å². The van der Waals surface area contributed by atoms with Crippen LogP contribution in [0.25, 0.3) is 0 Å². The molecule has 0 saturated heterocycles. The highest BCUT2D eigenvalue weighted by Gasteiger charge is 2.01. The van der Waals surface area contributed by atoms with Crippen molar-refractivity contribution in [3.05, 3.63) is 26.3 Å². The van der Waals surface area contributed by atoms with Crippen LogP contribution in [0.2, 0.25) is 0 Å². The van der Waals surface area contributed by atoms with Crippen molar-refractivity contribution in [1.29, 1.82) is 0 Å². The van der Waals surface area contributed by atoms with Crippen molar-refractivity contribution in [2.45, 2.75) is 357 Å². The first-order valence-electron chi connectivity index (χ1n) is 36.2. The first kappa shape index (κ1) is 212. The van der Waals surface area contributed by atoms with Crippen molar-refractivity contribution < 1.29 is 79.5 Å². The predicted octanol–water partition coefficient (Wildman–Crippen LogP) is 18.3. The third-order valence-corrected chi connectivity index (χ3v) is 9.64. The lowest BCUT2D eigenvalue weighted by Gasteiger charge is -2.03. The first-order valence-corrected chi connectivity index (χ1v) is 36.2. The second-order valence-corrected chi connectivity index (χ2v) is 16.3. The zero-order valence-electron chi connectivity index (χ0n) is 74.6. The number of carbonyl (C=O) groups is 13. The van der Waals surface area contributed by atoms with Crippen LogP contribution in [0.1, 0.15) is 357 Å². The third-order valence-electron chi connectivity index (χ3n) is 9.64. The number of hydrogen-bond acceptors (Lipinski definition) is 21. The van der Waals surface area contributed by atoms with Gasteiger partial charge in [0, 0.05) is 38.9 Å². The van der Waals surface area contributed by atoms with Crippen LogP contribution in [-0.4, -0.2) is 125 Å². The zero-order valence-corrected chi connectivity index (χ0v) is 74.6. The Morgan fingerprint density at radius 1 is 0.202 bits per heavy atom. The summed E-state index contributed by atoms with van der Waals surface area (Å²) in [6.07, 6.45) is 38.9. The van der Waals surface area contributed by atoms with Crippen molar-refractivity contribution in [1.82, 2.24) is 65.2 Å². The summed E-state index contributed by atoms with van der Waals surface area (Å²) in [5.74, 6) is 0.701. The van der Waals surface area contributed by atoms with Crippen LogP contribution in [-0.2, 0) is 62.3 Å². The largest absolute Gasteiger partial charge is 0.358 e. The molecule has 0 fully saturated rings. The second kappa shape index (κ2) is 441. The molecule has 0 aliphatic carbocycles. The molecule has 104 heavy (non-hydrogen) atoms. The van der Waals surface area contributed by atoms with Crippen LogP contribution in [0.5, 0.6) is 0 Å². The highest BCUT2D eigenvalue weighted by atomic mass is 16.2. The minimum Gasteiger partial charge on any atom is -0.358 e. The molecular weight excluding hydrogens is 1330 g/mol. The molecule has 0 saturated carbocycles. The van der Waals surface area contributed by atoms with Gasteiger partial charge in [0.15, 0.2) is 0 Å². The van der Waals surface area contributed by atoms with Crippen molar-refractivity contribution in [3.63, 3.8) is 0 Å². The van der Waals surface area contributed by atoms with E-state index in [1.54, 1.807) is 0 Å². The lowest BCUT2D eigenvalue weighted by atomic mass is 10.1. The van der Waals surface area contributed by atoms with E-state index in [1.807, 2.05) is 151 Å². The maximum absolute atomic E-state index is 11.3. The molecule has 0 spiro atoms. The van der Waals surface area contributed by atoms with Gasteiger partial charge < -0.3 is 130 Å². The molecule has 27 heteroatoms. The zero-order chi connectivity index (χ0) is 82.4. The Labute approximate surface area is 650 Å². The highest BCUT2D eigenvalue weighted by molar-refractivity contribution is 5.76. The third kappa shape index (κ3) is 568. The summed E-state index contributed by atoms with van der Waals surface area (Å²) >= 11 is 0. The summed E-state index contributed by atoms with van der Waals surface area (Å²) in [6, 6.07) is 0. The van der Waals surface area contributed by atoms with Gasteiger partial charge in [0.2, 0.25) is 17.7 Å². The first-order chi connectivity index (χ1) is 47.2. The highest BCUT2D eigenvalue weighted by Crippen LogP contribution is 2.04. The van der Waals surface area contributed by atoms with Gasteiger partial charge in [-0.25, -0.2) is 0 Å². The Morgan fingerprint density at radius 2 is 0.308 bits per heavy atom. The molecular formula is C77H205N14O13+3. The number of amides is 3. The summed E-state index contributed by atoms with van der Waals surface area (Å²) in [4.78, 5) is 114. The Kier molecular flexibility index (Phi) is 897. The van der Waals surface area contributed by atoms with E-state index in [0.29, 0.717) is 19.3 Å². The van der Waals surface area contributed by atoms with Crippen LogP contribution in [0.4, 0.5) is 0 Å². The minimum atomic E-state index is 0. The molecule has 658 valence electrons. The maximum atomic E-state index is 11.3. The van der Waals surface area contributed by atoms with E-state index in [2.05, 4.69) is 122 Å². The Hall–Kier alpha value is -5.85. The van der Waals surface area contributed by atoms with Gasteiger partial charge in [-0.2, -0.15) is 0 Å². The quantitative estimate of drug-likeness (QED) is 0.0205. The normalized spacial score (nSPS) is 6.46. The maximum Gasteiger partial charge on any atom is 0.219 e. The van der Waals surface area contributed by atoms with Crippen LogP contribution in [0, 0.1) is 0 Å². The summed E-state index contributed by atoms with van der Waals surface area (Å²) in [6.45, 7) is 81.6. The SMILES string of the molecule is C=C.C=C.C=O.C=O.C=O.C=O.C=O.C=O.C=O.C=O.C=O.C=O.CC.CC.CC.CC.CC.CC.CCCCCCC(=O)NCCCCC.CCCCCCC(=O)NCCCCC.CCCCCCC(=O)NCCCCC.CCCCC[NH3+].CCCCC[NH3+].CCCCC[NH3+].N.N.N.N.N.N.N.N. The average molecular weight is 1540 g/mol. The molecule has 0 aromatic carbocycles. The van der Waals surface area contributed by atoms with E-state index < -0.39 is 0 Å². The van der Waals surface area contributed by atoms with Gasteiger partial charge in [-0.15, -0.1) is 26.3 Å². The van der Waals surface area contributed by atoms with Crippen molar-refractivity contribution in [2.24, 2.45) is 0 Å². The van der Waals surface area contributed by atoms with E-state index in [9.17, 15) is 14.4 Å². The number of unbranched alkanes of at least 4 members (excludes halogenated alkanes) is 21. The molecule has 0 atom stereocenters. The lowest BCUT2D eigenvalue weighted by molar-refractivity contribution is -0.368. The van der Waals surface area contributed by atoms with Gasteiger partial charge in [0.05, 0.1) is 19.6 Å². The molecule has 0 unspecified atom stereocenters. The number of quaternary nitrogens is 3. The van der Waals surface area contributed by atoms with E-state index >= 15 is 0 Å². The van der Waals surface area contributed by atoms with Gasteiger partial charge in [-0.1, -0.05) is 261 Å². The van der Waals surface area contributed by atoms with Crippen LogP contribution < -0.4 is 82.4 Å². The summed E-state index contributed by atoms with van der Waals surface area (Å²) < 4.78 is 0. The van der Waals surface area contributed by atoms with E-state index in [0.717, 1.165) is 77.8 Å². The molecule has 0 bridgehead atoms. The molecule has 0 aromatic heterocycles. The Morgan fingerprint density at radius 3 is 0.404 bits per heavy atom. The molecule has 0 heterocycles. The second-order valence-electron chi connectivity index (χ2n) is 16.3. The standard InChI is InChI=1S/3C12H25NO.3C5H13N.6C2H6.2C2H4.10CH2O.8H3N/c3*1-3-5-7-8-10-12(14)13-11-9-6-4-2;3*1-2-3-4-5-6;18*1-2;;;;;;;;/h3*3-11H2,1-2H3,(H,13,14);3*2-6H2,1H3;6*1-2H3;2*1-2H2;10*1H2;8*1H3/p+3. The minimum absolute atomic E-state index is 0. The fraction of sp³-hybridized carbons (Fsp3) is 0.779. The molecule has 0 rings (SSSR count). The van der Waals surface area contributed by atoms with Gasteiger partial charge in [0.1, 0.15) is 67.9 Å². The summed E-state index contributed by atoms with van der Waals surface area (Å²) in [7, 11) is 0. The molecule has 0 radical (unpaired) electrons. The molecule has 0 aromatic rings. The molecule has 3 amide bonds. The monoisotopic (exact) mass is 1530 g/mol. The van der Waals surface area contributed by atoms with Gasteiger partial charge in [0.25, 0.3) is 0 Å². The Balaban J connectivity index is -0.0000000183. The number of rotatable bonds is 36. The van der Waals surface area contributed by atoms with Crippen LogP contribution in [0.3, 0.4) is 0 Å². The van der Waals surface area contributed by atoms with Crippen molar-refractivity contribution in [3.8, 4) is 0 Å². The predicted molar refractivity (Wildman–Crippen MR) is 468 cm³/mol. The van der Waals surface area contributed by atoms with Crippen LogP contribution in [0.15, 0.2) is 26.3 Å². The van der Waals surface area contributed by atoms with Crippen LogP contribution >= 0.6 is 0 Å². The van der Waals surface area contributed by atoms with E-state index in [1.165, 1.54) is 154 Å². The molecule has 27 nitrogen and oxygen atoms in total. The van der Waals surface area contributed by atoms with Crippen molar-refractivity contribution >= 4 is 85.6 Å². The van der Waals surface area contributed by atoms with E-state index in [4.69, 9.17) is 47.9 Å². The number of carbonyl (C=O) groups excluding carboxylic acids is 13. The summed E-state index contributed by atoms with van der Waals surface area (Å²) in [5.41, 5.74) is 11.2. The topological polar surface area (TPSA) is 621 Å².